The van der Waals surface area contributed by atoms with E-state index in [9.17, 15) is 27.2 Å². The zero-order valence-corrected chi connectivity index (χ0v) is 6.74. The van der Waals surface area contributed by atoms with Crippen LogP contribution < -0.4 is 0 Å². The molecule has 0 saturated carbocycles. The first kappa shape index (κ1) is 9.63. The minimum absolute atomic E-state index is 1.21. The molecular formula is C8F4O3. The van der Waals surface area contributed by atoms with Crippen LogP contribution in [0.25, 0.3) is 0 Å². The van der Waals surface area contributed by atoms with Crippen molar-refractivity contribution in [3.8, 4) is 0 Å². The van der Waals surface area contributed by atoms with Gasteiger partial charge in [0.2, 0.25) is 0 Å². The number of hydrogen-bond donors (Lipinski definition) is 0. The molecule has 0 bridgehead atoms. The zero-order chi connectivity index (χ0) is 11.3. The maximum atomic E-state index is 12.9. The van der Waals surface area contributed by atoms with Crippen molar-refractivity contribution in [3.63, 3.8) is 0 Å². The van der Waals surface area contributed by atoms with Crippen LogP contribution in [0.5, 0.6) is 0 Å². The average Bonchev–Trinajstić information content (AvgIpc) is 2.47. The molecule has 0 N–H and O–H groups in total. The highest BCUT2D eigenvalue weighted by atomic mass is 19.2. The van der Waals surface area contributed by atoms with Crippen LogP contribution in [-0.4, -0.2) is 11.9 Å². The zero-order valence-electron chi connectivity index (χ0n) is 6.74. The Bertz CT molecular complexity index is 464. The van der Waals surface area contributed by atoms with Gasteiger partial charge >= 0.3 is 11.9 Å². The molecule has 0 aliphatic carbocycles. The molecule has 15 heavy (non-hydrogen) atoms. The Morgan fingerprint density at radius 2 is 1.00 bits per heavy atom. The second-order valence-electron chi connectivity index (χ2n) is 2.68. The third kappa shape index (κ3) is 1.06. The number of rotatable bonds is 0. The molecule has 1 aromatic carbocycles. The summed E-state index contributed by atoms with van der Waals surface area (Å²) in [6.07, 6.45) is 0. The van der Waals surface area contributed by atoms with E-state index in [1.165, 1.54) is 0 Å². The normalized spacial score (nSPS) is 14.1. The van der Waals surface area contributed by atoms with E-state index in [4.69, 9.17) is 0 Å². The monoisotopic (exact) mass is 220 g/mol. The van der Waals surface area contributed by atoms with Crippen LogP contribution in [-0.2, 0) is 4.74 Å². The summed E-state index contributed by atoms with van der Waals surface area (Å²) < 4.78 is 55.0. The third-order valence-corrected chi connectivity index (χ3v) is 1.86. The van der Waals surface area contributed by atoms with E-state index in [1.807, 2.05) is 0 Å². The Morgan fingerprint density at radius 1 is 0.667 bits per heavy atom. The molecule has 0 radical (unpaired) electrons. The molecule has 0 aromatic heterocycles. The van der Waals surface area contributed by atoms with Gasteiger partial charge in [0, 0.05) is 0 Å². The second-order valence-corrected chi connectivity index (χ2v) is 2.68. The number of hydrogen-bond acceptors (Lipinski definition) is 3. The fraction of sp³-hybridized carbons (Fsp3) is 0. The second kappa shape index (κ2) is 2.78. The molecule has 3 nitrogen and oxygen atoms in total. The predicted octanol–water partition coefficient (Wildman–Crippen LogP) is 1.55. The van der Waals surface area contributed by atoms with Crippen LogP contribution in [0.1, 0.15) is 20.7 Å². The van der Waals surface area contributed by atoms with E-state index in [0.29, 0.717) is 0 Å². The summed E-state index contributed by atoms with van der Waals surface area (Å²) in [5.41, 5.74) is -2.42. The highest BCUT2D eigenvalue weighted by molar-refractivity contribution is 6.15. The van der Waals surface area contributed by atoms with E-state index < -0.39 is 46.3 Å². The first-order chi connectivity index (χ1) is 6.95. The van der Waals surface area contributed by atoms with Crippen molar-refractivity contribution < 1.29 is 31.9 Å². The van der Waals surface area contributed by atoms with Gasteiger partial charge in [0.1, 0.15) is 11.1 Å². The smallest absolute Gasteiger partial charge is 0.350 e. The molecule has 0 atom stereocenters. The highest BCUT2D eigenvalue weighted by Crippen LogP contribution is 2.29. The molecule has 0 spiro atoms. The number of halogens is 4. The van der Waals surface area contributed by atoms with Crippen molar-refractivity contribution in [1.29, 1.82) is 0 Å². The first-order valence-corrected chi connectivity index (χ1v) is 3.57. The van der Waals surface area contributed by atoms with Gasteiger partial charge in [-0.15, -0.1) is 0 Å². The molecule has 1 aliphatic rings. The molecule has 2 rings (SSSR count). The number of ether oxygens (including phenoxy) is 1. The predicted molar refractivity (Wildman–Crippen MR) is 36.0 cm³/mol. The minimum atomic E-state index is -2.15. The Kier molecular flexibility index (Phi) is 1.79. The molecule has 0 unspecified atom stereocenters. The van der Waals surface area contributed by atoms with E-state index >= 15 is 0 Å². The van der Waals surface area contributed by atoms with Crippen molar-refractivity contribution in [1.82, 2.24) is 0 Å². The number of carbonyl (C=O) groups is 2. The Morgan fingerprint density at radius 3 is 1.33 bits per heavy atom. The molecular weight excluding hydrogens is 220 g/mol. The molecule has 1 aliphatic heterocycles. The number of esters is 2. The topological polar surface area (TPSA) is 43.4 Å². The summed E-state index contributed by atoms with van der Waals surface area (Å²) >= 11 is 0. The lowest BCUT2D eigenvalue weighted by Gasteiger charge is -2.00. The summed E-state index contributed by atoms with van der Waals surface area (Å²) in [6.45, 7) is 0. The van der Waals surface area contributed by atoms with Crippen LogP contribution in [0.15, 0.2) is 0 Å². The number of benzene rings is 1. The van der Waals surface area contributed by atoms with E-state index in [1.54, 1.807) is 0 Å². The average molecular weight is 220 g/mol. The molecule has 0 saturated heterocycles. The van der Waals surface area contributed by atoms with Gasteiger partial charge in [-0.3, -0.25) is 0 Å². The summed E-state index contributed by atoms with van der Waals surface area (Å²) in [6, 6.07) is 0. The molecule has 1 aromatic rings. The van der Waals surface area contributed by atoms with Gasteiger partial charge in [0.15, 0.2) is 23.3 Å². The Balaban J connectivity index is 2.92. The fourth-order valence-corrected chi connectivity index (χ4v) is 1.20. The number of fused-ring (bicyclic) bond motifs is 1. The largest absolute Gasteiger partial charge is 0.385 e. The number of carbonyl (C=O) groups excluding carboxylic acids is 2. The summed E-state index contributed by atoms with van der Waals surface area (Å²) in [5.74, 6) is -11.2. The lowest BCUT2D eigenvalue weighted by atomic mass is 10.1. The molecule has 0 amide bonds. The summed E-state index contributed by atoms with van der Waals surface area (Å²) in [7, 11) is 0. The van der Waals surface area contributed by atoms with Gasteiger partial charge in [-0.25, -0.2) is 27.2 Å². The van der Waals surface area contributed by atoms with Crippen LogP contribution in [0.4, 0.5) is 17.6 Å². The van der Waals surface area contributed by atoms with Gasteiger partial charge in [-0.2, -0.15) is 0 Å². The van der Waals surface area contributed by atoms with E-state index in [0.717, 1.165) is 0 Å². The summed E-state index contributed by atoms with van der Waals surface area (Å²) in [5, 5.41) is 0. The van der Waals surface area contributed by atoms with Gasteiger partial charge in [-0.1, -0.05) is 0 Å². The van der Waals surface area contributed by atoms with Crippen LogP contribution >= 0.6 is 0 Å². The van der Waals surface area contributed by atoms with Gasteiger partial charge < -0.3 is 4.74 Å². The highest BCUT2D eigenvalue weighted by Gasteiger charge is 2.40. The lowest BCUT2D eigenvalue weighted by molar-refractivity contribution is 0.0440. The van der Waals surface area contributed by atoms with Gasteiger partial charge in [-0.05, 0) is 0 Å². The maximum Gasteiger partial charge on any atom is 0.350 e. The Labute approximate surface area is 79.3 Å². The Hall–Kier alpha value is -1.92. The lowest BCUT2D eigenvalue weighted by Crippen LogP contribution is -2.07. The van der Waals surface area contributed by atoms with Crippen molar-refractivity contribution in [2.24, 2.45) is 0 Å². The quantitative estimate of drug-likeness (QED) is 0.219. The van der Waals surface area contributed by atoms with E-state index in [-0.39, 0.29) is 0 Å². The van der Waals surface area contributed by atoms with Crippen molar-refractivity contribution in [2.75, 3.05) is 0 Å². The standard InChI is InChI=1S/C8F4O3/c9-3-1-2(8(14)15-7(1)13)4(10)6(12)5(3)11. The molecule has 7 heteroatoms. The van der Waals surface area contributed by atoms with E-state index in [2.05, 4.69) is 4.74 Å². The van der Waals surface area contributed by atoms with Crippen molar-refractivity contribution >= 4 is 11.9 Å². The fourth-order valence-electron chi connectivity index (χ4n) is 1.20. The number of cyclic esters (lactones) is 2. The molecule has 78 valence electrons. The summed E-state index contributed by atoms with van der Waals surface area (Å²) in [4.78, 5) is 21.5. The van der Waals surface area contributed by atoms with Crippen LogP contribution in [0.3, 0.4) is 0 Å². The first-order valence-electron chi connectivity index (χ1n) is 3.57. The SMILES string of the molecule is O=C1OC(=O)c2c(F)c(F)c(F)c(F)c21. The van der Waals surface area contributed by atoms with Gasteiger partial charge in [0.25, 0.3) is 0 Å². The molecule has 1 heterocycles. The van der Waals surface area contributed by atoms with Gasteiger partial charge in [0.05, 0.1) is 0 Å². The molecule has 0 fully saturated rings. The van der Waals surface area contributed by atoms with Crippen LogP contribution in [0.2, 0.25) is 0 Å². The third-order valence-electron chi connectivity index (χ3n) is 1.86. The minimum Gasteiger partial charge on any atom is -0.385 e. The van der Waals surface area contributed by atoms with Crippen molar-refractivity contribution in [3.05, 3.63) is 34.4 Å². The van der Waals surface area contributed by atoms with Crippen molar-refractivity contribution in [2.45, 2.75) is 0 Å². The maximum absolute atomic E-state index is 12.9. The van der Waals surface area contributed by atoms with Crippen LogP contribution in [0, 0.1) is 23.3 Å².